The lowest BCUT2D eigenvalue weighted by Gasteiger charge is -2.04. The molecule has 1 heteroatoms. The molecule has 1 atom stereocenters. The molecule has 1 unspecified atom stereocenters. The van der Waals surface area contributed by atoms with Crippen LogP contribution in [0.4, 0.5) is 0 Å². The molecule has 43 valence electrons. The first-order valence-corrected chi connectivity index (χ1v) is 3.22. The van der Waals surface area contributed by atoms with Crippen molar-refractivity contribution in [3.8, 4) is 0 Å². The van der Waals surface area contributed by atoms with Crippen LogP contribution in [0.3, 0.4) is 0 Å². The topological polar surface area (TPSA) is 17.1 Å². The van der Waals surface area contributed by atoms with Gasteiger partial charge < -0.3 is 0 Å². The van der Waals surface area contributed by atoms with E-state index in [9.17, 15) is 4.79 Å². The molecule has 8 heavy (non-hydrogen) atoms. The molecule has 1 radical (unpaired) electrons. The third-order valence-corrected chi connectivity index (χ3v) is 2.26. The molecule has 0 aromatic carbocycles. The number of Topliss-reactive ketones (excluding diaryl/α,β-unsaturated/α-hetero) is 1. The third-order valence-electron chi connectivity index (χ3n) is 2.26. The highest BCUT2D eigenvalue weighted by atomic mass is 16.1. The minimum atomic E-state index is 0.463. The summed E-state index contributed by atoms with van der Waals surface area (Å²) < 4.78 is 0. The Morgan fingerprint density at radius 3 is 2.62 bits per heavy atom. The van der Waals surface area contributed by atoms with Crippen molar-refractivity contribution in [2.24, 2.45) is 5.92 Å². The Balaban J connectivity index is 2.22. The molecule has 0 aliphatic heterocycles. The molecule has 0 aromatic rings. The Morgan fingerprint density at radius 1 is 1.50 bits per heavy atom. The van der Waals surface area contributed by atoms with E-state index in [1.54, 1.807) is 0 Å². The Kier molecular flexibility index (Phi) is 0.758. The number of carbonyl (C=O) groups excluding carboxylic acids is 1. The van der Waals surface area contributed by atoms with E-state index >= 15 is 0 Å². The lowest BCUT2D eigenvalue weighted by atomic mass is 10.00. The standard InChI is InChI=1S/C7H9O/c8-7-4-5-1-2-6(7)3-5/h6H,1-4H2. The molecule has 0 heterocycles. The van der Waals surface area contributed by atoms with Gasteiger partial charge >= 0.3 is 0 Å². The van der Waals surface area contributed by atoms with Crippen LogP contribution in [0.15, 0.2) is 0 Å². The monoisotopic (exact) mass is 109 g/mol. The minimum Gasteiger partial charge on any atom is -0.299 e. The average Bonchev–Trinajstić information content (AvgIpc) is 2.23. The van der Waals surface area contributed by atoms with E-state index in [0.29, 0.717) is 11.7 Å². The van der Waals surface area contributed by atoms with Gasteiger partial charge in [0.15, 0.2) is 0 Å². The van der Waals surface area contributed by atoms with Crippen molar-refractivity contribution < 1.29 is 4.79 Å². The van der Waals surface area contributed by atoms with Crippen molar-refractivity contribution in [3.63, 3.8) is 0 Å². The van der Waals surface area contributed by atoms with E-state index in [2.05, 4.69) is 0 Å². The molecular formula is C7H9O. The normalized spacial score (nSPS) is 37.0. The summed E-state index contributed by atoms with van der Waals surface area (Å²) in [6.45, 7) is 0. The fourth-order valence-corrected chi connectivity index (χ4v) is 1.76. The van der Waals surface area contributed by atoms with Crippen LogP contribution < -0.4 is 0 Å². The van der Waals surface area contributed by atoms with Crippen molar-refractivity contribution in [2.45, 2.75) is 25.7 Å². The number of hydrogen-bond donors (Lipinski definition) is 0. The van der Waals surface area contributed by atoms with Gasteiger partial charge in [-0.3, -0.25) is 4.79 Å². The molecule has 2 fully saturated rings. The van der Waals surface area contributed by atoms with Gasteiger partial charge in [-0.05, 0) is 25.2 Å². The van der Waals surface area contributed by atoms with Gasteiger partial charge in [-0.15, -0.1) is 0 Å². The van der Waals surface area contributed by atoms with Crippen LogP contribution >= 0.6 is 0 Å². The molecule has 0 spiro atoms. The quantitative estimate of drug-likeness (QED) is 0.458. The van der Waals surface area contributed by atoms with Crippen LogP contribution in [0.2, 0.25) is 0 Å². The average molecular weight is 109 g/mol. The molecule has 2 aliphatic carbocycles. The van der Waals surface area contributed by atoms with Gasteiger partial charge in [0.2, 0.25) is 0 Å². The highest BCUT2D eigenvalue weighted by Gasteiger charge is 2.38. The molecule has 2 rings (SSSR count). The van der Waals surface area contributed by atoms with Crippen molar-refractivity contribution in [1.82, 2.24) is 0 Å². The maximum absolute atomic E-state index is 10.8. The van der Waals surface area contributed by atoms with Crippen LogP contribution in [0.5, 0.6) is 0 Å². The molecule has 2 bridgehead atoms. The SMILES string of the molecule is O=C1C[C]2CCC1C2. The maximum Gasteiger partial charge on any atom is 0.136 e. The zero-order valence-electron chi connectivity index (χ0n) is 4.81. The molecule has 2 saturated carbocycles. The van der Waals surface area contributed by atoms with Gasteiger partial charge in [-0.2, -0.15) is 0 Å². The number of rotatable bonds is 0. The third kappa shape index (κ3) is 0.445. The summed E-state index contributed by atoms with van der Waals surface area (Å²) in [5, 5.41) is 0. The summed E-state index contributed by atoms with van der Waals surface area (Å²) in [4.78, 5) is 10.8. The number of fused-ring (bicyclic) bond motifs is 2. The van der Waals surface area contributed by atoms with Gasteiger partial charge in [0, 0.05) is 12.3 Å². The molecule has 0 N–H and O–H groups in total. The summed E-state index contributed by atoms with van der Waals surface area (Å²) >= 11 is 0. The smallest absolute Gasteiger partial charge is 0.136 e. The first-order valence-electron chi connectivity index (χ1n) is 3.22. The first kappa shape index (κ1) is 4.54. The maximum atomic E-state index is 10.8. The molecule has 0 amide bonds. The predicted molar refractivity (Wildman–Crippen MR) is 30.2 cm³/mol. The second-order valence-electron chi connectivity index (χ2n) is 2.83. The molecule has 1 nitrogen and oxygen atoms in total. The second kappa shape index (κ2) is 1.34. The van der Waals surface area contributed by atoms with E-state index in [0.717, 1.165) is 19.3 Å². The Labute approximate surface area is 49.1 Å². The van der Waals surface area contributed by atoms with Crippen LogP contribution in [0.1, 0.15) is 25.7 Å². The lowest BCUT2D eigenvalue weighted by Crippen LogP contribution is -2.06. The fraction of sp³-hybridized carbons (Fsp3) is 0.714. The van der Waals surface area contributed by atoms with E-state index < -0.39 is 0 Å². The van der Waals surface area contributed by atoms with Gasteiger partial charge in [-0.1, -0.05) is 0 Å². The largest absolute Gasteiger partial charge is 0.299 e. The zero-order chi connectivity index (χ0) is 5.56. The van der Waals surface area contributed by atoms with Crippen LogP contribution in [-0.4, -0.2) is 5.78 Å². The summed E-state index contributed by atoms with van der Waals surface area (Å²) in [6, 6.07) is 0. The predicted octanol–water partition coefficient (Wildman–Crippen LogP) is 1.33. The second-order valence-corrected chi connectivity index (χ2v) is 2.83. The van der Waals surface area contributed by atoms with E-state index in [1.807, 2.05) is 0 Å². The van der Waals surface area contributed by atoms with Gasteiger partial charge in [0.05, 0.1) is 0 Å². The van der Waals surface area contributed by atoms with Crippen LogP contribution in [-0.2, 0) is 4.79 Å². The molecule has 2 aliphatic rings. The van der Waals surface area contributed by atoms with Gasteiger partial charge in [0.25, 0.3) is 0 Å². The number of ketones is 1. The highest BCUT2D eigenvalue weighted by molar-refractivity contribution is 5.87. The number of hydrogen-bond acceptors (Lipinski definition) is 1. The van der Waals surface area contributed by atoms with E-state index in [-0.39, 0.29) is 0 Å². The van der Waals surface area contributed by atoms with Crippen molar-refractivity contribution in [2.75, 3.05) is 0 Å². The zero-order valence-corrected chi connectivity index (χ0v) is 4.81. The Hall–Kier alpha value is -0.330. The van der Waals surface area contributed by atoms with Gasteiger partial charge in [0.1, 0.15) is 5.78 Å². The molecular weight excluding hydrogens is 100 g/mol. The van der Waals surface area contributed by atoms with Crippen molar-refractivity contribution in [1.29, 1.82) is 0 Å². The summed E-state index contributed by atoms with van der Waals surface area (Å²) in [5.41, 5.74) is 0. The molecule has 0 saturated heterocycles. The van der Waals surface area contributed by atoms with Crippen LogP contribution in [0, 0.1) is 11.8 Å². The summed E-state index contributed by atoms with van der Waals surface area (Å²) in [7, 11) is 0. The first-order chi connectivity index (χ1) is 3.86. The van der Waals surface area contributed by atoms with Crippen molar-refractivity contribution >= 4 is 5.78 Å². The summed E-state index contributed by atoms with van der Waals surface area (Å²) in [5.74, 6) is 2.48. The Bertz CT molecular complexity index is 128. The van der Waals surface area contributed by atoms with Gasteiger partial charge in [-0.25, -0.2) is 0 Å². The fourth-order valence-electron chi connectivity index (χ4n) is 1.76. The van der Waals surface area contributed by atoms with Crippen molar-refractivity contribution in [3.05, 3.63) is 5.92 Å². The summed E-state index contributed by atoms with van der Waals surface area (Å²) in [6.07, 6.45) is 4.37. The highest BCUT2D eigenvalue weighted by Crippen LogP contribution is 2.43. The number of carbonyl (C=O) groups is 1. The van der Waals surface area contributed by atoms with Crippen LogP contribution in [0.25, 0.3) is 0 Å². The minimum absolute atomic E-state index is 0.463. The van der Waals surface area contributed by atoms with E-state index in [1.165, 1.54) is 12.3 Å². The lowest BCUT2D eigenvalue weighted by molar-refractivity contribution is -0.121. The Morgan fingerprint density at radius 2 is 2.38 bits per heavy atom. The molecule has 0 aromatic heterocycles. The van der Waals surface area contributed by atoms with E-state index in [4.69, 9.17) is 0 Å².